The number of urea groups is 1. The minimum atomic E-state index is -1.20. The molecule has 0 spiro atoms. The van der Waals surface area contributed by atoms with Crippen molar-refractivity contribution in [1.82, 2.24) is 15.1 Å². The van der Waals surface area contributed by atoms with Crippen LogP contribution >= 0.6 is 0 Å². The summed E-state index contributed by atoms with van der Waals surface area (Å²) in [5, 5.41) is 11.9. The molecular weight excluding hydrogens is 274 g/mol. The van der Waals surface area contributed by atoms with Gasteiger partial charge in [-0.3, -0.25) is 4.90 Å². The number of nitrogens with zero attached hydrogens (tertiary/aromatic N) is 2. The van der Waals surface area contributed by atoms with Gasteiger partial charge >= 0.3 is 12.0 Å². The van der Waals surface area contributed by atoms with Crippen LogP contribution in [0.5, 0.6) is 0 Å². The molecule has 2 saturated heterocycles. The number of carboxylic acids is 1. The third kappa shape index (κ3) is 3.65. The van der Waals surface area contributed by atoms with E-state index in [4.69, 9.17) is 4.74 Å². The first-order chi connectivity index (χ1) is 9.96. The van der Waals surface area contributed by atoms with Crippen LogP contribution in [0.3, 0.4) is 0 Å². The molecule has 2 aliphatic rings. The zero-order chi connectivity index (χ0) is 15.5. The minimum absolute atomic E-state index is 0.280. The van der Waals surface area contributed by atoms with Gasteiger partial charge in [0.05, 0.1) is 13.2 Å². The molecule has 2 fully saturated rings. The topological polar surface area (TPSA) is 82.1 Å². The fourth-order valence-electron chi connectivity index (χ4n) is 2.78. The van der Waals surface area contributed by atoms with Gasteiger partial charge in [0.2, 0.25) is 0 Å². The summed E-state index contributed by atoms with van der Waals surface area (Å²) in [7, 11) is 0. The fourth-order valence-corrected chi connectivity index (χ4v) is 2.78. The Morgan fingerprint density at radius 2 is 2.00 bits per heavy atom. The van der Waals surface area contributed by atoms with Crippen molar-refractivity contribution >= 4 is 12.0 Å². The van der Waals surface area contributed by atoms with Gasteiger partial charge in [0.25, 0.3) is 0 Å². The van der Waals surface area contributed by atoms with Crippen molar-refractivity contribution in [2.45, 2.75) is 38.3 Å². The third-order valence-corrected chi connectivity index (χ3v) is 4.57. The molecule has 0 radical (unpaired) electrons. The van der Waals surface area contributed by atoms with Gasteiger partial charge in [0.15, 0.2) is 0 Å². The Morgan fingerprint density at radius 1 is 1.33 bits per heavy atom. The molecule has 2 unspecified atom stereocenters. The van der Waals surface area contributed by atoms with Crippen LogP contribution in [-0.2, 0) is 9.53 Å². The second kappa shape index (κ2) is 6.62. The molecule has 0 aromatic rings. The maximum atomic E-state index is 12.3. The highest BCUT2D eigenvalue weighted by atomic mass is 16.5. The van der Waals surface area contributed by atoms with Gasteiger partial charge in [0, 0.05) is 32.2 Å². The number of rotatable bonds is 4. The van der Waals surface area contributed by atoms with E-state index in [-0.39, 0.29) is 6.03 Å². The summed E-state index contributed by atoms with van der Waals surface area (Å²) >= 11 is 0. The Kier molecular flexibility index (Phi) is 5.05. The number of hydrogen-bond donors (Lipinski definition) is 2. The number of ether oxygens (including phenoxy) is 1. The molecule has 0 saturated carbocycles. The van der Waals surface area contributed by atoms with Crippen LogP contribution < -0.4 is 5.32 Å². The fraction of sp³-hybridized carbons (Fsp3) is 0.857. The largest absolute Gasteiger partial charge is 0.480 e. The van der Waals surface area contributed by atoms with Crippen molar-refractivity contribution in [3.63, 3.8) is 0 Å². The zero-order valence-electron chi connectivity index (χ0n) is 12.8. The van der Waals surface area contributed by atoms with Gasteiger partial charge in [-0.05, 0) is 19.8 Å². The number of hydrogen-bond acceptors (Lipinski definition) is 4. The van der Waals surface area contributed by atoms with E-state index in [0.29, 0.717) is 25.6 Å². The molecule has 120 valence electrons. The van der Waals surface area contributed by atoms with Crippen molar-refractivity contribution in [1.29, 1.82) is 0 Å². The molecule has 2 amide bonds. The summed E-state index contributed by atoms with van der Waals surface area (Å²) in [5.74, 6) is -0.998. The van der Waals surface area contributed by atoms with Crippen molar-refractivity contribution in [3.8, 4) is 0 Å². The monoisotopic (exact) mass is 299 g/mol. The van der Waals surface area contributed by atoms with Crippen LogP contribution in [0, 0.1) is 0 Å². The Bertz CT molecular complexity index is 398. The number of carbonyl (C=O) groups excluding carboxylic acids is 1. The number of nitrogens with one attached hydrogen (secondary N) is 1. The van der Waals surface area contributed by atoms with Crippen molar-refractivity contribution in [3.05, 3.63) is 0 Å². The summed E-state index contributed by atoms with van der Waals surface area (Å²) in [5.41, 5.74) is -1.20. The second-order valence-electron chi connectivity index (χ2n) is 5.96. The highest BCUT2D eigenvalue weighted by Crippen LogP contribution is 2.18. The van der Waals surface area contributed by atoms with E-state index in [1.165, 1.54) is 0 Å². The van der Waals surface area contributed by atoms with Crippen LogP contribution in [0.15, 0.2) is 0 Å². The van der Waals surface area contributed by atoms with E-state index in [9.17, 15) is 14.7 Å². The van der Waals surface area contributed by atoms with Crippen LogP contribution in [0.25, 0.3) is 0 Å². The van der Waals surface area contributed by atoms with Gasteiger partial charge in [0.1, 0.15) is 5.54 Å². The molecule has 0 bridgehead atoms. The maximum absolute atomic E-state index is 12.3. The smallest absolute Gasteiger partial charge is 0.329 e. The van der Waals surface area contributed by atoms with E-state index in [1.54, 1.807) is 18.7 Å². The number of carboxylic acid groups (broad SMARTS) is 1. The molecule has 0 aliphatic carbocycles. The standard InChI is InChI=1S/C14H25N3O4/c1-3-14(2,12(18)19)15-13(20)17-5-4-11(10-17)16-6-8-21-9-7-16/h11H,3-10H2,1-2H3,(H,15,20)(H,18,19). The lowest BCUT2D eigenvalue weighted by atomic mass is 10.00. The van der Waals surface area contributed by atoms with E-state index < -0.39 is 11.5 Å². The van der Waals surface area contributed by atoms with E-state index in [1.807, 2.05) is 0 Å². The van der Waals surface area contributed by atoms with E-state index >= 15 is 0 Å². The minimum Gasteiger partial charge on any atom is -0.480 e. The number of amides is 2. The first-order valence-corrected chi connectivity index (χ1v) is 7.58. The van der Waals surface area contributed by atoms with Gasteiger partial charge in [-0.1, -0.05) is 6.92 Å². The highest BCUT2D eigenvalue weighted by Gasteiger charge is 2.37. The van der Waals surface area contributed by atoms with E-state index in [2.05, 4.69) is 10.2 Å². The predicted molar refractivity (Wildman–Crippen MR) is 77.2 cm³/mol. The molecule has 2 rings (SSSR count). The van der Waals surface area contributed by atoms with E-state index in [0.717, 1.165) is 32.7 Å². The number of likely N-dealkylation sites (tertiary alicyclic amines) is 1. The normalized spacial score (nSPS) is 26.4. The lowest BCUT2D eigenvalue weighted by molar-refractivity contribution is -0.143. The SMILES string of the molecule is CCC(C)(NC(=O)N1CCC(N2CCOCC2)C1)C(=O)O. The molecule has 2 N–H and O–H groups in total. The molecule has 7 heteroatoms. The molecule has 0 aromatic heterocycles. The van der Waals surface area contributed by atoms with Crippen LogP contribution in [0.1, 0.15) is 26.7 Å². The first-order valence-electron chi connectivity index (χ1n) is 7.58. The lowest BCUT2D eigenvalue weighted by Gasteiger charge is -2.32. The number of aliphatic carboxylic acids is 1. The maximum Gasteiger partial charge on any atom is 0.329 e. The molecular formula is C14H25N3O4. The quantitative estimate of drug-likeness (QED) is 0.783. The van der Waals surface area contributed by atoms with Crippen molar-refractivity contribution in [2.75, 3.05) is 39.4 Å². The average Bonchev–Trinajstić information content (AvgIpc) is 2.97. The van der Waals surface area contributed by atoms with Crippen LogP contribution in [-0.4, -0.2) is 77.9 Å². The Hall–Kier alpha value is -1.34. The van der Waals surface area contributed by atoms with Gasteiger partial charge in [-0.2, -0.15) is 0 Å². The molecule has 2 aliphatic heterocycles. The average molecular weight is 299 g/mol. The Balaban J connectivity index is 1.88. The third-order valence-electron chi connectivity index (χ3n) is 4.57. The van der Waals surface area contributed by atoms with Gasteiger partial charge in [-0.15, -0.1) is 0 Å². The Labute approximate surface area is 125 Å². The lowest BCUT2D eigenvalue weighted by Crippen LogP contribution is -2.55. The molecule has 7 nitrogen and oxygen atoms in total. The van der Waals surface area contributed by atoms with Gasteiger partial charge in [-0.25, -0.2) is 9.59 Å². The Morgan fingerprint density at radius 3 is 2.57 bits per heavy atom. The molecule has 21 heavy (non-hydrogen) atoms. The molecule has 2 heterocycles. The summed E-state index contributed by atoms with van der Waals surface area (Å²) in [6.45, 7) is 7.94. The van der Waals surface area contributed by atoms with Crippen LogP contribution in [0.2, 0.25) is 0 Å². The zero-order valence-corrected chi connectivity index (χ0v) is 12.8. The van der Waals surface area contributed by atoms with Crippen molar-refractivity contribution < 1.29 is 19.4 Å². The highest BCUT2D eigenvalue weighted by molar-refractivity contribution is 5.86. The molecule has 2 atom stereocenters. The number of morpholine rings is 1. The summed E-state index contributed by atoms with van der Waals surface area (Å²) < 4.78 is 5.34. The van der Waals surface area contributed by atoms with Crippen LogP contribution in [0.4, 0.5) is 4.79 Å². The second-order valence-corrected chi connectivity index (χ2v) is 5.96. The summed E-state index contributed by atoms with van der Waals surface area (Å²) in [6, 6.07) is 0.0786. The summed E-state index contributed by atoms with van der Waals surface area (Å²) in [6.07, 6.45) is 1.29. The van der Waals surface area contributed by atoms with Crippen molar-refractivity contribution in [2.24, 2.45) is 0 Å². The number of carbonyl (C=O) groups is 2. The summed E-state index contributed by atoms with van der Waals surface area (Å²) in [4.78, 5) is 27.6. The predicted octanol–water partition coefficient (Wildman–Crippen LogP) is 0.356. The first kappa shape index (κ1) is 16.0. The molecule has 0 aromatic carbocycles. The van der Waals surface area contributed by atoms with Gasteiger partial charge < -0.3 is 20.1 Å².